The van der Waals surface area contributed by atoms with Crippen LogP contribution in [-0.2, 0) is 38.1 Å². The number of amides is 1. The van der Waals surface area contributed by atoms with Crippen LogP contribution in [0.1, 0.15) is 53.9 Å². The summed E-state index contributed by atoms with van der Waals surface area (Å²) in [7, 11) is 6.02. The van der Waals surface area contributed by atoms with Gasteiger partial charge in [-0.2, -0.15) is 0 Å². The van der Waals surface area contributed by atoms with Gasteiger partial charge < -0.3 is 38.8 Å². The normalized spacial score (nSPS) is 18.7. The molecule has 0 rings (SSSR count). The van der Waals surface area contributed by atoms with Crippen molar-refractivity contribution in [3.05, 3.63) is 12.3 Å². The summed E-state index contributed by atoms with van der Waals surface area (Å²) in [4.78, 5) is 37.3. The second-order valence-corrected chi connectivity index (χ2v) is 10.4. The number of aliphatic hydroxyl groups is 2. The molecule has 0 aliphatic rings. The van der Waals surface area contributed by atoms with E-state index in [0.717, 1.165) is 0 Å². The van der Waals surface area contributed by atoms with Crippen molar-refractivity contribution in [2.75, 3.05) is 41.6 Å². The zero-order valence-electron chi connectivity index (χ0n) is 25.1. The number of hydrogen-bond acceptors (Lipinski definition) is 10. The topological polar surface area (TPSA) is 141 Å². The maximum Gasteiger partial charge on any atom is 0.337 e. The standard InChI is InChI=1S/C28H51NO10/c1-18(25(36-8)14-23(33)20(3)15-30)10-11-24(39-28(34)26(37-9)16-35-7)21(4)27(38-22(5)32)19(2)12-13-29(6)17-31/h12-13,17-21,23-27,30,33H,10-11,14-16H2,1-9H3/b13-12+/t18-,19+,20+,21-,23-,24+,25-,26-,27+/m0/s1. The third kappa shape index (κ3) is 13.7. The van der Waals surface area contributed by atoms with Crippen LogP contribution in [0.3, 0.4) is 0 Å². The molecule has 0 aromatic rings. The van der Waals surface area contributed by atoms with Crippen LogP contribution in [0.2, 0.25) is 0 Å². The van der Waals surface area contributed by atoms with Gasteiger partial charge in [-0.25, -0.2) is 4.79 Å². The maximum absolute atomic E-state index is 13.0. The monoisotopic (exact) mass is 561 g/mol. The van der Waals surface area contributed by atoms with Crippen molar-refractivity contribution in [2.24, 2.45) is 23.7 Å². The lowest BCUT2D eigenvalue weighted by molar-refractivity contribution is -0.173. The minimum Gasteiger partial charge on any atom is -0.462 e. The first kappa shape index (κ1) is 37.0. The molecule has 0 aromatic heterocycles. The molecule has 0 unspecified atom stereocenters. The first-order valence-corrected chi connectivity index (χ1v) is 13.4. The molecule has 0 heterocycles. The molecule has 0 saturated heterocycles. The molecule has 228 valence electrons. The van der Waals surface area contributed by atoms with E-state index in [1.165, 1.54) is 26.0 Å². The molecule has 0 spiro atoms. The molecule has 0 saturated carbocycles. The summed E-state index contributed by atoms with van der Waals surface area (Å²) in [5.41, 5.74) is 0. The van der Waals surface area contributed by atoms with Gasteiger partial charge in [0.15, 0.2) is 6.10 Å². The summed E-state index contributed by atoms with van der Waals surface area (Å²) in [6.45, 7) is 8.67. The zero-order valence-corrected chi connectivity index (χ0v) is 25.1. The maximum atomic E-state index is 13.0. The van der Waals surface area contributed by atoms with E-state index < -0.39 is 42.3 Å². The Balaban J connectivity index is 5.96. The van der Waals surface area contributed by atoms with Gasteiger partial charge in [0.25, 0.3) is 0 Å². The predicted octanol–water partition coefficient (Wildman–Crippen LogP) is 2.18. The third-order valence-electron chi connectivity index (χ3n) is 7.11. The number of ether oxygens (including phenoxy) is 5. The fourth-order valence-corrected chi connectivity index (χ4v) is 4.32. The third-order valence-corrected chi connectivity index (χ3v) is 7.11. The first-order chi connectivity index (χ1) is 18.4. The minimum absolute atomic E-state index is 0.0179. The SMILES string of the molecule is COC[C@H](OC)C(=O)O[C@H](CC[C@H](C)[C@H](C[C@H](O)[C@H](C)CO)OC)[C@H](C)[C@H](OC(C)=O)[C@H](C)/C=C/N(C)C=O. The van der Waals surface area contributed by atoms with E-state index in [4.69, 9.17) is 23.7 Å². The molecule has 0 fully saturated rings. The van der Waals surface area contributed by atoms with Crippen molar-refractivity contribution < 1.29 is 48.3 Å². The Morgan fingerprint density at radius 3 is 2.08 bits per heavy atom. The van der Waals surface area contributed by atoms with E-state index in [1.54, 1.807) is 33.4 Å². The summed E-state index contributed by atoms with van der Waals surface area (Å²) in [5.74, 6) is -2.10. The van der Waals surface area contributed by atoms with Crippen LogP contribution in [0.25, 0.3) is 0 Å². The number of esters is 2. The van der Waals surface area contributed by atoms with Crippen LogP contribution < -0.4 is 0 Å². The predicted molar refractivity (Wildman–Crippen MR) is 145 cm³/mol. The number of hydrogen-bond donors (Lipinski definition) is 2. The Morgan fingerprint density at radius 2 is 1.59 bits per heavy atom. The van der Waals surface area contributed by atoms with Crippen LogP contribution in [-0.4, -0.2) is 106 Å². The number of rotatable bonds is 21. The molecule has 9 atom stereocenters. The van der Waals surface area contributed by atoms with Crippen molar-refractivity contribution in [1.29, 1.82) is 0 Å². The lowest BCUT2D eigenvalue weighted by Crippen LogP contribution is -2.42. The van der Waals surface area contributed by atoms with Gasteiger partial charge in [0.05, 0.1) is 18.8 Å². The van der Waals surface area contributed by atoms with E-state index >= 15 is 0 Å². The Bertz CT molecular complexity index is 733. The Hall–Kier alpha value is -2.05. The molecule has 0 aliphatic carbocycles. The zero-order chi connectivity index (χ0) is 30.1. The highest BCUT2D eigenvalue weighted by Gasteiger charge is 2.36. The summed E-state index contributed by atoms with van der Waals surface area (Å²) >= 11 is 0. The molecule has 1 amide bonds. The fourth-order valence-electron chi connectivity index (χ4n) is 4.32. The van der Waals surface area contributed by atoms with Crippen LogP contribution in [0.15, 0.2) is 12.3 Å². The van der Waals surface area contributed by atoms with E-state index in [-0.39, 0.29) is 37.1 Å². The molecule has 0 aliphatic heterocycles. The molecule has 0 bridgehead atoms. The lowest BCUT2D eigenvalue weighted by Gasteiger charge is -2.34. The second-order valence-electron chi connectivity index (χ2n) is 10.4. The van der Waals surface area contributed by atoms with Crippen molar-refractivity contribution in [3.8, 4) is 0 Å². The van der Waals surface area contributed by atoms with Crippen LogP contribution >= 0.6 is 0 Å². The molecule has 2 N–H and O–H groups in total. The second kappa shape index (κ2) is 19.9. The van der Waals surface area contributed by atoms with Gasteiger partial charge in [-0.05, 0) is 18.8 Å². The number of carbonyl (C=O) groups excluding carboxylic acids is 3. The number of nitrogens with zero attached hydrogens (tertiary/aromatic N) is 1. The molecule has 0 radical (unpaired) electrons. The number of carbonyl (C=O) groups is 3. The van der Waals surface area contributed by atoms with Crippen LogP contribution in [0.5, 0.6) is 0 Å². The van der Waals surface area contributed by atoms with E-state index in [9.17, 15) is 24.6 Å². The van der Waals surface area contributed by atoms with Gasteiger partial charge in [0, 0.05) is 72.3 Å². The summed E-state index contributed by atoms with van der Waals surface area (Å²) in [5, 5.41) is 19.8. The van der Waals surface area contributed by atoms with Gasteiger partial charge in [0.1, 0.15) is 12.2 Å². The Kier molecular flexibility index (Phi) is 18.9. The summed E-state index contributed by atoms with van der Waals surface area (Å²) in [6, 6.07) is 0. The molecule has 0 aromatic carbocycles. The quantitative estimate of drug-likeness (QED) is 0.158. The van der Waals surface area contributed by atoms with Gasteiger partial charge >= 0.3 is 11.9 Å². The molecule has 39 heavy (non-hydrogen) atoms. The van der Waals surface area contributed by atoms with E-state index in [2.05, 4.69) is 0 Å². The van der Waals surface area contributed by atoms with Crippen molar-refractivity contribution in [1.82, 2.24) is 4.90 Å². The van der Waals surface area contributed by atoms with E-state index in [0.29, 0.717) is 25.7 Å². The summed E-state index contributed by atoms with van der Waals surface area (Å²) < 4.78 is 27.6. The number of methoxy groups -OCH3 is 3. The highest BCUT2D eigenvalue weighted by atomic mass is 16.6. The molecular formula is C28H51NO10. The fraction of sp³-hybridized carbons (Fsp3) is 0.821. The molecular weight excluding hydrogens is 510 g/mol. The van der Waals surface area contributed by atoms with Crippen molar-refractivity contribution >= 4 is 18.3 Å². The smallest absolute Gasteiger partial charge is 0.337 e. The Labute approximate surface area is 233 Å². The summed E-state index contributed by atoms with van der Waals surface area (Å²) in [6.07, 6.45) is 2.11. The number of aliphatic hydroxyl groups excluding tert-OH is 2. The van der Waals surface area contributed by atoms with E-state index in [1.807, 2.05) is 20.8 Å². The molecule has 11 nitrogen and oxygen atoms in total. The Morgan fingerprint density at radius 1 is 0.949 bits per heavy atom. The average molecular weight is 562 g/mol. The van der Waals surface area contributed by atoms with Gasteiger partial charge in [-0.3, -0.25) is 9.59 Å². The van der Waals surface area contributed by atoms with Crippen LogP contribution in [0.4, 0.5) is 0 Å². The first-order valence-electron chi connectivity index (χ1n) is 13.4. The lowest BCUT2D eigenvalue weighted by atomic mass is 9.84. The minimum atomic E-state index is -0.922. The average Bonchev–Trinajstić information content (AvgIpc) is 2.92. The van der Waals surface area contributed by atoms with Crippen LogP contribution in [0, 0.1) is 23.7 Å². The highest BCUT2D eigenvalue weighted by Crippen LogP contribution is 2.29. The highest BCUT2D eigenvalue weighted by molar-refractivity contribution is 5.75. The van der Waals surface area contributed by atoms with Gasteiger partial charge in [-0.15, -0.1) is 0 Å². The van der Waals surface area contributed by atoms with Crippen molar-refractivity contribution in [2.45, 2.75) is 84.4 Å². The van der Waals surface area contributed by atoms with Gasteiger partial charge in [0.2, 0.25) is 6.41 Å². The largest absolute Gasteiger partial charge is 0.462 e. The van der Waals surface area contributed by atoms with Crippen molar-refractivity contribution in [3.63, 3.8) is 0 Å². The molecule has 11 heteroatoms. The van der Waals surface area contributed by atoms with Gasteiger partial charge in [-0.1, -0.05) is 33.8 Å².